The fourth-order valence-electron chi connectivity index (χ4n) is 1.04. The van der Waals surface area contributed by atoms with Gasteiger partial charge in [0.05, 0.1) is 13.0 Å². The van der Waals surface area contributed by atoms with Crippen molar-refractivity contribution in [3.8, 4) is 0 Å². The molecule has 0 atom stereocenters. The fraction of sp³-hybridized carbons (Fsp3) is 0.556. The third-order valence-electron chi connectivity index (χ3n) is 1.85. The van der Waals surface area contributed by atoms with Gasteiger partial charge < -0.3 is 5.11 Å². The Morgan fingerprint density at radius 2 is 2.00 bits per heavy atom. The van der Waals surface area contributed by atoms with Gasteiger partial charge in [-0.1, -0.05) is 0 Å². The lowest BCUT2D eigenvalue weighted by Crippen LogP contribution is -2.12. The van der Waals surface area contributed by atoms with Crippen LogP contribution in [-0.4, -0.2) is 29.9 Å². The van der Waals surface area contributed by atoms with Crippen molar-refractivity contribution in [3.05, 3.63) is 11.1 Å². The Bertz CT molecular complexity index is 340. The van der Waals surface area contributed by atoms with Gasteiger partial charge in [-0.2, -0.15) is 13.2 Å². The molecule has 0 saturated heterocycles. The number of aliphatic imine (C=N–C) groups is 1. The van der Waals surface area contributed by atoms with Gasteiger partial charge in [0.2, 0.25) is 6.08 Å². The van der Waals surface area contributed by atoms with Gasteiger partial charge in [-0.25, -0.2) is 14.6 Å². The predicted octanol–water partition coefficient (Wildman–Crippen LogP) is 2.07. The molecule has 0 aliphatic rings. The molecule has 0 saturated carbocycles. The zero-order valence-corrected chi connectivity index (χ0v) is 8.47. The standard InChI is InChI=1S/C9H10F3NO3/c1-6(8(15)16)7(2-3-13-5-14)4-9(10,11)12/h2-4H2,1H3,(H,15,16). The van der Waals surface area contributed by atoms with Crippen molar-refractivity contribution in [2.24, 2.45) is 4.99 Å². The van der Waals surface area contributed by atoms with Crippen LogP contribution in [0.1, 0.15) is 19.8 Å². The highest BCUT2D eigenvalue weighted by atomic mass is 19.4. The maximum Gasteiger partial charge on any atom is 0.392 e. The molecular formula is C9H10F3NO3. The predicted molar refractivity (Wildman–Crippen MR) is 48.6 cm³/mol. The van der Waals surface area contributed by atoms with E-state index in [1.165, 1.54) is 6.08 Å². The molecule has 4 nitrogen and oxygen atoms in total. The van der Waals surface area contributed by atoms with E-state index in [9.17, 15) is 22.8 Å². The van der Waals surface area contributed by atoms with Crippen molar-refractivity contribution in [3.63, 3.8) is 0 Å². The normalized spacial score (nSPS) is 12.8. The van der Waals surface area contributed by atoms with Gasteiger partial charge in [0.25, 0.3) is 0 Å². The number of rotatable bonds is 5. The zero-order chi connectivity index (χ0) is 12.8. The molecule has 0 aromatic carbocycles. The van der Waals surface area contributed by atoms with E-state index in [4.69, 9.17) is 5.11 Å². The average Bonchev–Trinajstić information content (AvgIpc) is 2.13. The number of hydrogen-bond acceptors (Lipinski definition) is 3. The third kappa shape index (κ3) is 5.98. The summed E-state index contributed by atoms with van der Waals surface area (Å²) in [6.07, 6.45) is -4.82. The zero-order valence-electron chi connectivity index (χ0n) is 8.47. The van der Waals surface area contributed by atoms with E-state index in [0.717, 1.165) is 6.92 Å². The highest BCUT2D eigenvalue weighted by molar-refractivity contribution is 5.86. The first-order chi connectivity index (χ1) is 7.28. The van der Waals surface area contributed by atoms with Crippen molar-refractivity contribution < 1.29 is 27.9 Å². The number of carboxylic acid groups (broad SMARTS) is 1. The molecule has 0 aromatic heterocycles. The minimum absolute atomic E-state index is 0.195. The van der Waals surface area contributed by atoms with Crippen LogP contribution >= 0.6 is 0 Å². The second-order valence-corrected chi connectivity index (χ2v) is 3.05. The van der Waals surface area contributed by atoms with Crippen LogP contribution in [0.5, 0.6) is 0 Å². The second-order valence-electron chi connectivity index (χ2n) is 3.05. The summed E-state index contributed by atoms with van der Waals surface area (Å²) in [7, 11) is 0. The maximum absolute atomic E-state index is 12.1. The molecule has 7 heteroatoms. The van der Waals surface area contributed by atoms with Crippen molar-refractivity contribution in [2.45, 2.75) is 25.9 Å². The maximum atomic E-state index is 12.1. The van der Waals surface area contributed by atoms with Gasteiger partial charge in [-0.15, -0.1) is 0 Å². The number of carbonyl (C=O) groups excluding carboxylic acids is 1. The summed E-state index contributed by atoms with van der Waals surface area (Å²) >= 11 is 0. The van der Waals surface area contributed by atoms with Crippen molar-refractivity contribution in [1.29, 1.82) is 0 Å². The van der Waals surface area contributed by atoms with Crippen molar-refractivity contribution in [1.82, 2.24) is 0 Å². The van der Waals surface area contributed by atoms with E-state index in [0.29, 0.717) is 0 Å². The van der Waals surface area contributed by atoms with Crippen molar-refractivity contribution >= 4 is 12.0 Å². The summed E-state index contributed by atoms with van der Waals surface area (Å²) in [5.74, 6) is -1.41. The lowest BCUT2D eigenvalue weighted by atomic mass is 10.0. The summed E-state index contributed by atoms with van der Waals surface area (Å²) in [6.45, 7) is 0.896. The molecular weight excluding hydrogens is 227 g/mol. The Balaban J connectivity index is 4.84. The first-order valence-corrected chi connectivity index (χ1v) is 4.30. The SMILES string of the molecule is CC(C(=O)O)=C(CCN=C=O)CC(F)(F)F. The van der Waals surface area contributed by atoms with E-state index in [2.05, 4.69) is 4.99 Å². The Kier molecular flexibility index (Phi) is 5.46. The summed E-state index contributed by atoms with van der Waals surface area (Å²) in [6, 6.07) is 0. The number of hydrogen-bond donors (Lipinski definition) is 1. The molecule has 0 unspecified atom stereocenters. The monoisotopic (exact) mass is 237 g/mol. The summed E-state index contributed by atoms with van der Waals surface area (Å²) in [5.41, 5.74) is -0.641. The van der Waals surface area contributed by atoms with E-state index >= 15 is 0 Å². The molecule has 0 amide bonds. The minimum Gasteiger partial charge on any atom is -0.478 e. The van der Waals surface area contributed by atoms with E-state index in [1.807, 2.05) is 0 Å². The number of nitrogens with zero attached hydrogens (tertiary/aromatic N) is 1. The summed E-state index contributed by atoms with van der Waals surface area (Å²) < 4.78 is 36.3. The van der Waals surface area contributed by atoms with Crippen LogP contribution in [0.2, 0.25) is 0 Å². The molecule has 0 aliphatic heterocycles. The Morgan fingerprint density at radius 1 is 1.44 bits per heavy atom. The van der Waals surface area contributed by atoms with Crippen LogP contribution < -0.4 is 0 Å². The molecule has 0 fully saturated rings. The number of aliphatic carboxylic acids is 1. The van der Waals surface area contributed by atoms with E-state index < -0.39 is 18.6 Å². The molecule has 0 bridgehead atoms. The smallest absolute Gasteiger partial charge is 0.392 e. The highest BCUT2D eigenvalue weighted by Crippen LogP contribution is 2.28. The molecule has 90 valence electrons. The number of halogens is 3. The molecule has 16 heavy (non-hydrogen) atoms. The van der Waals surface area contributed by atoms with Gasteiger partial charge in [0.1, 0.15) is 0 Å². The number of isocyanates is 1. The number of carboxylic acids is 1. The van der Waals surface area contributed by atoms with Gasteiger partial charge in [0, 0.05) is 5.57 Å². The van der Waals surface area contributed by atoms with E-state index in [1.54, 1.807) is 0 Å². The Morgan fingerprint density at radius 3 is 2.38 bits per heavy atom. The van der Waals surface area contributed by atoms with Crippen LogP contribution in [0.4, 0.5) is 13.2 Å². The van der Waals surface area contributed by atoms with Gasteiger partial charge in [-0.3, -0.25) is 0 Å². The first-order valence-electron chi connectivity index (χ1n) is 4.30. The molecule has 0 rings (SSSR count). The van der Waals surface area contributed by atoms with Crippen LogP contribution in [0, 0.1) is 0 Å². The lowest BCUT2D eigenvalue weighted by molar-refractivity contribution is -0.133. The molecule has 0 radical (unpaired) electrons. The quantitative estimate of drug-likeness (QED) is 0.452. The van der Waals surface area contributed by atoms with Crippen LogP contribution in [0.15, 0.2) is 16.1 Å². The third-order valence-corrected chi connectivity index (χ3v) is 1.85. The number of carbonyl (C=O) groups is 1. The second kappa shape index (κ2) is 6.07. The average molecular weight is 237 g/mol. The largest absolute Gasteiger partial charge is 0.478 e. The fourth-order valence-corrected chi connectivity index (χ4v) is 1.04. The van der Waals surface area contributed by atoms with Crippen LogP contribution in [-0.2, 0) is 9.59 Å². The molecule has 0 heterocycles. The Hall–Kier alpha value is -1.62. The van der Waals surface area contributed by atoms with E-state index in [-0.39, 0.29) is 24.1 Å². The lowest BCUT2D eigenvalue weighted by Gasteiger charge is -2.11. The topological polar surface area (TPSA) is 66.7 Å². The molecule has 1 N–H and O–H groups in total. The highest BCUT2D eigenvalue weighted by Gasteiger charge is 2.30. The van der Waals surface area contributed by atoms with Crippen molar-refractivity contribution in [2.75, 3.05) is 6.54 Å². The molecule has 0 aliphatic carbocycles. The first kappa shape index (κ1) is 14.4. The van der Waals surface area contributed by atoms with Crippen LogP contribution in [0.25, 0.3) is 0 Å². The van der Waals surface area contributed by atoms with Gasteiger partial charge in [0.15, 0.2) is 0 Å². The number of alkyl halides is 3. The summed E-state index contributed by atoms with van der Waals surface area (Å²) in [4.78, 5) is 23.3. The van der Waals surface area contributed by atoms with Crippen LogP contribution in [0.3, 0.4) is 0 Å². The molecule has 0 spiro atoms. The van der Waals surface area contributed by atoms with Gasteiger partial charge >= 0.3 is 12.1 Å². The minimum atomic E-state index is -4.48. The summed E-state index contributed by atoms with van der Waals surface area (Å²) in [5, 5.41) is 8.57. The van der Waals surface area contributed by atoms with Gasteiger partial charge in [-0.05, 0) is 18.9 Å². The molecule has 0 aromatic rings. The Labute approximate surface area is 89.5 Å².